The summed E-state index contributed by atoms with van der Waals surface area (Å²) in [5.41, 5.74) is 5.75. The number of hydrogen-bond acceptors (Lipinski definition) is 1. The molecular formula is C28H40O. The monoisotopic (exact) mass is 392 g/mol. The van der Waals surface area contributed by atoms with Gasteiger partial charge in [-0.3, -0.25) is 0 Å². The van der Waals surface area contributed by atoms with Gasteiger partial charge < -0.3 is 4.74 Å². The first-order valence-electron chi connectivity index (χ1n) is 10.7. The molecule has 29 heavy (non-hydrogen) atoms. The van der Waals surface area contributed by atoms with Crippen LogP contribution in [0.25, 0.3) is 0 Å². The number of ether oxygens (including phenoxy) is 1. The molecule has 0 spiro atoms. The van der Waals surface area contributed by atoms with Crippen molar-refractivity contribution >= 4 is 0 Å². The summed E-state index contributed by atoms with van der Waals surface area (Å²) in [5, 5.41) is 0. The van der Waals surface area contributed by atoms with Gasteiger partial charge in [-0.05, 0) is 75.7 Å². The zero-order valence-corrected chi connectivity index (χ0v) is 19.6. The van der Waals surface area contributed by atoms with Gasteiger partial charge in [0.25, 0.3) is 0 Å². The lowest BCUT2D eigenvalue weighted by Crippen LogP contribution is -2.23. The van der Waals surface area contributed by atoms with Gasteiger partial charge in [0.1, 0.15) is 12.4 Å². The van der Waals surface area contributed by atoms with Crippen molar-refractivity contribution in [2.45, 2.75) is 61.3 Å². The van der Waals surface area contributed by atoms with Gasteiger partial charge in [-0.15, -0.1) is 0 Å². The second kappa shape index (κ2) is 12.3. The minimum atomic E-state index is 0.272. The first-order chi connectivity index (χ1) is 13.7. The maximum atomic E-state index is 5.69. The molecule has 1 unspecified atom stereocenters. The number of rotatable bonds is 9. The summed E-state index contributed by atoms with van der Waals surface area (Å²) in [7, 11) is 0. The maximum Gasteiger partial charge on any atom is 0.119 e. The van der Waals surface area contributed by atoms with Gasteiger partial charge in [0, 0.05) is 0 Å². The second-order valence-corrected chi connectivity index (χ2v) is 8.58. The fraction of sp³-hybridized carbons (Fsp3) is 0.429. The van der Waals surface area contributed by atoms with E-state index < -0.39 is 0 Å². The van der Waals surface area contributed by atoms with Crippen molar-refractivity contribution in [3.8, 4) is 0 Å². The van der Waals surface area contributed by atoms with Crippen LogP contribution in [0.4, 0.5) is 0 Å². The Balaban J connectivity index is 2.70. The van der Waals surface area contributed by atoms with E-state index >= 15 is 0 Å². The van der Waals surface area contributed by atoms with Crippen molar-refractivity contribution < 1.29 is 4.74 Å². The Hall–Kier alpha value is -2.28. The fourth-order valence-electron chi connectivity index (χ4n) is 3.41. The van der Waals surface area contributed by atoms with Gasteiger partial charge in [-0.2, -0.15) is 0 Å². The Bertz CT molecular complexity index is 760. The Morgan fingerprint density at radius 3 is 2.52 bits per heavy atom. The molecule has 0 saturated carbocycles. The summed E-state index contributed by atoms with van der Waals surface area (Å²) in [5.74, 6) is 1.47. The summed E-state index contributed by atoms with van der Waals surface area (Å²) in [4.78, 5) is 0. The molecule has 0 aromatic carbocycles. The molecule has 1 aliphatic carbocycles. The first-order valence-corrected chi connectivity index (χ1v) is 10.7. The lowest BCUT2D eigenvalue weighted by molar-refractivity contribution is 0.261. The van der Waals surface area contributed by atoms with E-state index in [1.54, 1.807) is 11.6 Å². The molecule has 0 radical (unpaired) electrons. The molecule has 158 valence electrons. The topological polar surface area (TPSA) is 9.23 Å². The standard InChI is InChI=1S/C28H40O/c1-9-11-15-26(10-2)29-21-19-23(4)14-12-13-22(3)16-17-27-25(6)24(5)18-20-28(27,7)8/h9-17,19,24H,2,18,20-21H2,1,3-8H3/b11-9-,14-12+,17-16+,22-13+,23-19-,26-15+. The molecule has 1 aliphatic rings. The van der Waals surface area contributed by atoms with E-state index in [1.165, 1.54) is 29.6 Å². The minimum absolute atomic E-state index is 0.272. The highest BCUT2D eigenvalue weighted by atomic mass is 16.5. The zero-order chi connectivity index (χ0) is 21.9. The van der Waals surface area contributed by atoms with Gasteiger partial charge in [0.05, 0.1) is 0 Å². The predicted octanol–water partition coefficient (Wildman–Crippen LogP) is 8.43. The summed E-state index contributed by atoms with van der Waals surface area (Å²) >= 11 is 0. The molecule has 0 aromatic rings. The number of allylic oxidation sites excluding steroid dienone is 13. The lowest BCUT2D eigenvalue weighted by atomic mass is 9.69. The van der Waals surface area contributed by atoms with Crippen LogP contribution < -0.4 is 0 Å². The molecule has 0 aliphatic heterocycles. The van der Waals surface area contributed by atoms with E-state index in [0.29, 0.717) is 12.5 Å². The van der Waals surface area contributed by atoms with E-state index in [0.717, 1.165) is 5.76 Å². The van der Waals surface area contributed by atoms with Crippen LogP contribution in [0.3, 0.4) is 0 Å². The van der Waals surface area contributed by atoms with Crippen molar-refractivity contribution in [3.05, 3.63) is 95.4 Å². The van der Waals surface area contributed by atoms with Crippen LogP contribution in [0.1, 0.15) is 61.3 Å². The van der Waals surface area contributed by atoms with Crippen molar-refractivity contribution in [3.63, 3.8) is 0 Å². The molecule has 0 fully saturated rings. The Morgan fingerprint density at radius 2 is 1.86 bits per heavy atom. The Labute approximate surface area is 179 Å². The Morgan fingerprint density at radius 1 is 1.14 bits per heavy atom. The lowest BCUT2D eigenvalue weighted by Gasteiger charge is -2.36. The van der Waals surface area contributed by atoms with E-state index in [9.17, 15) is 0 Å². The fourth-order valence-corrected chi connectivity index (χ4v) is 3.41. The summed E-state index contributed by atoms with van der Waals surface area (Å²) in [6, 6.07) is 0. The smallest absolute Gasteiger partial charge is 0.119 e. The highest BCUT2D eigenvalue weighted by Gasteiger charge is 2.29. The Kier molecular flexibility index (Phi) is 10.5. The third-order valence-corrected chi connectivity index (χ3v) is 5.64. The van der Waals surface area contributed by atoms with Crippen LogP contribution in [0.5, 0.6) is 0 Å². The SMILES string of the molecule is C=C/C(=C\C=C/C)OC\C=C(C)/C=C/C=C(C)/C=C/C1=C(C)C(C)CCC1(C)C. The number of hydrogen-bond donors (Lipinski definition) is 0. The average molecular weight is 393 g/mol. The van der Waals surface area contributed by atoms with E-state index in [2.05, 4.69) is 84.6 Å². The van der Waals surface area contributed by atoms with E-state index in [-0.39, 0.29) is 5.41 Å². The summed E-state index contributed by atoms with van der Waals surface area (Å²) in [6.45, 7) is 19.9. The van der Waals surface area contributed by atoms with Crippen LogP contribution in [0.2, 0.25) is 0 Å². The van der Waals surface area contributed by atoms with E-state index in [1.807, 2.05) is 25.2 Å². The summed E-state index contributed by atoms with van der Waals surface area (Å²) in [6.07, 6.45) is 23.1. The molecule has 0 N–H and O–H groups in total. The molecule has 0 heterocycles. The molecule has 0 amide bonds. The normalized spacial score (nSPS) is 21.6. The van der Waals surface area contributed by atoms with Crippen molar-refractivity contribution in [2.24, 2.45) is 11.3 Å². The second-order valence-electron chi connectivity index (χ2n) is 8.58. The third-order valence-electron chi connectivity index (χ3n) is 5.64. The van der Waals surface area contributed by atoms with Crippen LogP contribution in [0, 0.1) is 11.3 Å². The van der Waals surface area contributed by atoms with Crippen molar-refractivity contribution in [1.29, 1.82) is 0 Å². The van der Waals surface area contributed by atoms with Crippen LogP contribution >= 0.6 is 0 Å². The molecular weight excluding hydrogens is 352 g/mol. The van der Waals surface area contributed by atoms with Crippen molar-refractivity contribution in [2.75, 3.05) is 6.61 Å². The van der Waals surface area contributed by atoms with Crippen LogP contribution in [-0.4, -0.2) is 6.61 Å². The first kappa shape index (κ1) is 24.8. The van der Waals surface area contributed by atoms with Gasteiger partial charge in [0.2, 0.25) is 0 Å². The van der Waals surface area contributed by atoms with Gasteiger partial charge in [-0.1, -0.05) is 86.6 Å². The molecule has 1 nitrogen and oxygen atoms in total. The minimum Gasteiger partial charge on any atom is -0.490 e. The maximum absolute atomic E-state index is 5.69. The van der Waals surface area contributed by atoms with Gasteiger partial charge in [-0.25, -0.2) is 0 Å². The molecule has 1 heteroatoms. The molecule has 0 saturated heterocycles. The average Bonchev–Trinajstić information content (AvgIpc) is 2.67. The largest absolute Gasteiger partial charge is 0.490 e. The highest BCUT2D eigenvalue weighted by molar-refractivity contribution is 5.38. The molecule has 0 aromatic heterocycles. The third kappa shape index (κ3) is 8.73. The van der Waals surface area contributed by atoms with Crippen LogP contribution in [-0.2, 0) is 4.74 Å². The molecule has 0 bridgehead atoms. The van der Waals surface area contributed by atoms with E-state index in [4.69, 9.17) is 4.74 Å². The zero-order valence-electron chi connectivity index (χ0n) is 19.6. The predicted molar refractivity (Wildman–Crippen MR) is 130 cm³/mol. The van der Waals surface area contributed by atoms with Crippen LogP contribution in [0.15, 0.2) is 95.4 Å². The quantitative estimate of drug-likeness (QED) is 0.282. The summed E-state index contributed by atoms with van der Waals surface area (Å²) < 4.78 is 5.69. The highest BCUT2D eigenvalue weighted by Crippen LogP contribution is 2.43. The van der Waals surface area contributed by atoms with Crippen molar-refractivity contribution in [1.82, 2.24) is 0 Å². The van der Waals surface area contributed by atoms with Gasteiger partial charge in [0.15, 0.2) is 0 Å². The van der Waals surface area contributed by atoms with Gasteiger partial charge >= 0.3 is 0 Å². The molecule has 1 atom stereocenters. The molecule has 1 rings (SSSR count).